The molecule has 0 bridgehead atoms. The number of benzene rings is 1. The van der Waals surface area contributed by atoms with Gasteiger partial charge in [0.25, 0.3) is 0 Å². The standard InChI is InChI=1S/C15H17N3O2/c16-14(17)13-8-4-9-18-15(13)20-11-5-10-19-12-6-2-1-3-7-12/h1-4,6-9H,5,10-11H2,(H3,16,17). The van der Waals surface area contributed by atoms with Crippen LogP contribution in [0.15, 0.2) is 48.7 Å². The summed E-state index contributed by atoms with van der Waals surface area (Å²) >= 11 is 0. The van der Waals surface area contributed by atoms with Gasteiger partial charge < -0.3 is 15.2 Å². The van der Waals surface area contributed by atoms with E-state index in [-0.39, 0.29) is 5.84 Å². The molecule has 0 spiro atoms. The topological polar surface area (TPSA) is 81.2 Å². The maximum absolute atomic E-state index is 7.44. The minimum atomic E-state index is -0.0476. The number of nitrogen functional groups attached to an aromatic ring is 1. The van der Waals surface area contributed by atoms with E-state index in [1.165, 1.54) is 0 Å². The third kappa shape index (κ3) is 3.98. The van der Waals surface area contributed by atoms with Gasteiger partial charge in [-0.1, -0.05) is 18.2 Å². The van der Waals surface area contributed by atoms with Crippen LogP contribution in [0.2, 0.25) is 0 Å². The van der Waals surface area contributed by atoms with Crippen LogP contribution in [0, 0.1) is 5.41 Å². The molecule has 0 radical (unpaired) electrons. The minimum absolute atomic E-state index is 0.0476. The summed E-state index contributed by atoms with van der Waals surface area (Å²) in [6.07, 6.45) is 2.34. The summed E-state index contributed by atoms with van der Waals surface area (Å²) in [5.41, 5.74) is 5.97. The summed E-state index contributed by atoms with van der Waals surface area (Å²) in [6, 6.07) is 13.1. The number of hydrogen-bond acceptors (Lipinski definition) is 4. The predicted octanol–water partition coefficient (Wildman–Crippen LogP) is 2.21. The van der Waals surface area contributed by atoms with Crippen molar-refractivity contribution in [3.63, 3.8) is 0 Å². The van der Waals surface area contributed by atoms with E-state index < -0.39 is 0 Å². The molecule has 0 amide bonds. The van der Waals surface area contributed by atoms with Crippen molar-refractivity contribution in [3.8, 4) is 11.6 Å². The van der Waals surface area contributed by atoms with Gasteiger partial charge in [0.2, 0.25) is 5.88 Å². The van der Waals surface area contributed by atoms with Crippen LogP contribution in [0.4, 0.5) is 0 Å². The molecule has 0 saturated carbocycles. The summed E-state index contributed by atoms with van der Waals surface area (Å²) in [4.78, 5) is 4.07. The zero-order valence-corrected chi connectivity index (χ0v) is 11.1. The van der Waals surface area contributed by atoms with Crippen LogP contribution in [-0.4, -0.2) is 24.0 Å². The molecule has 0 fully saturated rings. The molecule has 0 unspecified atom stereocenters. The Morgan fingerprint density at radius 2 is 1.80 bits per heavy atom. The van der Waals surface area contributed by atoms with Gasteiger partial charge in [-0.15, -0.1) is 0 Å². The van der Waals surface area contributed by atoms with Crippen LogP contribution in [0.3, 0.4) is 0 Å². The second kappa shape index (κ2) is 7.13. The zero-order chi connectivity index (χ0) is 14.2. The molecule has 1 aromatic heterocycles. The molecule has 0 aliphatic heterocycles. The predicted molar refractivity (Wildman–Crippen MR) is 77.3 cm³/mol. The number of nitrogens with zero attached hydrogens (tertiary/aromatic N) is 1. The molecule has 104 valence electrons. The van der Waals surface area contributed by atoms with Gasteiger partial charge in [-0.3, -0.25) is 5.41 Å². The van der Waals surface area contributed by atoms with Crippen LogP contribution < -0.4 is 15.2 Å². The third-order valence-electron chi connectivity index (χ3n) is 2.60. The van der Waals surface area contributed by atoms with Gasteiger partial charge in [0.15, 0.2) is 0 Å². The van der Waals surface area contributed by atoms with Crippen molar-refractivity contribution < 1.29 is 9.47 Å². The van der Waals surface area contributed by atoms with E-state index in [1.807, 2.05) is 30.3 Å². The number of ether oxygens (including phenoxy) is 2. The molecule has 5 heteroatoms. The fourth-order valence-corrected chi connectivity index (χ4v) is 1.65. The lowest BCUT2D eigenvalue weighted by Crippen LogP contribution is -2.14. The Labute approximate surface area is 117 Å². The lowest BCUT2D eigenvalue weighted by molar-refractivity contribution is 0.242. The molecule has 0 atom stereocenters. The maximum atomic E-state index is 7.44. The number of para-hydroxylation sites is 1. The van der Waals surface area contributed by atoms with Crippen molar-refractivity contribution in [1.82, 2.24) is 4.98 Å². The minimum Gasteiger partial charge on any atom is -0.493 e. The lowest BCUT2D eigenvalue weighted by Gasteiger charge is -2.09. The normalized spacial score (nSPS) is 10.0. The number of nitrogens with two attached hydrogens (primary N) is 1. The summed E-state index contributed by atoms with van der Waals surface area (Å²) in [5.74, 6) is 1.18. The van der Waals surface area contributed by atoms with E-state index in [2.05, 4.69) is 4.98 Å². The molecule has 2 aromatic rings. The van der Waals surface area contributed by atoms with E-state index in [9.17, 15) is 0 Å². The average Bonchev–Trinajstić information content (AvgIpc) is 2.48. The van der Waals surface area contributed by atoms with Crippen molar-refractivity contribution in [2.24, 2.45) is 5.73 Å². The summed E-state index contributed by atoms with van der Waals surface area (Å²) in [6.45, 7) is 1.02. The van der Waals surface area contributed by atoms with E-state index in [4.69, 9.17) is 20.6 Å². The molecule has 3 N–H and O–H groups in total. The molecular formula is C15H17N3O2. The monoisotopic (exact) mass is 271 g/mol. The molecule has 0 aliphatic carbocycles. The van der Waals surface area contributed by atoms with Crippen LogP contribution in [0.5, 0.6) is 11.6 Å². The number of rotatable bonds is 7. The van der Waals surface area contributed by atoms with E-state index in [1.54, 1.807) is 18.3 Å². The fourth-order valence-electron chi connectivity index (χ4n) is 1.65. The van der Waals surface area contributed by atoms with Crippen molar-refractivity contribution in [1.29, 1.82) is 5.41 Å². The summed E-state index contributed by atoms with van der Waals surface area (Å²) in [7, 11) is 0. The average molecular weight is 271 g/mol. The highest BCUT2D eigenvalue weighted by molar-refractivity contribution is 5.96. The van der Waals surface area contributed by atoms with E-state index in [0.717, 1.165) is 12.2 Å². The molecule has 0 saturated heterocycles. The number of amidine groups is 1. The van der Waals surface area contributed by atoms with E-state index >= 15 is 0 Å². The third-order valence-corrected chi connectivity index (χ3v) is 2.60. The van der Waals surface area contributed by atoms with Crippen LogP contribution in [-0.2, 0) is 0 Å². The van der Waals surface area contributed by atoms with Crippen LogP contribution in [0.25, 0.3) is 0 Å². The molecule has 20 heavy (non-hydrogen) atoms. The molecule has 1 aromatic carbocycles. The number of nitrogens with one attached hydrogen (secondary N) is 1. The van der Waals surface area contributed by atoms with Gasteiger partial charge in [0, 0.05) is 12.6 Å². The van der Waals surface area contributed by atoms with Crippen LogP contribution >= 0.6 is 0 Å². The largest absolute Gasteiger partial charge is 0.493 e. The number of aromatic nitrogens is 1. The molecule has 0 aliphatic rings. The molecular weight excluding hydrogens is 254 g/mol. The Balaban J connectivity index is 1.75. The van der Waals surface area contributed by atoms with Crippen LogP contribution in [0.1, 0.15) is 12.0 Å². The first kappa shape index (κ1) is 13.9. The van der Waals surface area contributed by atoms with Gasteiger partial charge in [0.1, 0.15) is 11.6 Å². The highest BCUT2D eigenvalue weighted by Gasteiger charge is 2.06. The Morgan fingerprint density at radius 1 is 1.05 bits per heavy atom. The molecule has 1 heterocycles. The van der Waals surface area contributed by atoms with Crippen molar-refractivity contribution in [2.45, 2.75) is 6.42 Å². The van der Waals surface area contributed by atoms with Gasteiger partial charge in [-0.25, -0.2) is 4.98 Å². The van der Waals surface area contributed by atoms with Crippen molar-refractivity contribution >= 4 is 5.84 Å². The van der Waals surface area contributed by atoms with Gasteiger partial charge in [-0.2, -0.15) is 0 Å². The van der Waals surface area contributed by atoms with Gasteiger partial charge in [-0.05, 0) is 24.3 Å². The number of hydrogen-bond donors (Lipinski definition) is 2. The van der Waals surface area contributed by atoms with Crippen molar-refractivity contribution in [2.75, 3.05) is 13.2 Å². The van der Waals surface area contributed by atoms with E-state index in [0.29, 0.717) is 24.7 Å². The summed E-state index contributed by atoms with van der Waals surface area (Å²) in [5, 5.41) is 7.44. The second-order valence-corrected chi connectivity index (χ2v) is 4.13. The first-order chi connectivity index (χ1) is 9.77. The Bertz CT molecular complexity index is 558. The van der Waals surface area contributed by atoms with Gasteiger partial charge in [0.05, 0.1) is 18.8 Å². The highest BCUT2D eigenvalue weighted by Crippen LogP contribution is 2.13. The lowest BCUT2D eigenvalue weighted by atomic mass is 10.2. The fraction of sp³-hybridized carbons (Fsp3) is 0.200. The molecule has 2 rings (SSSR count). The Morgan fingerprint density at radius 3 is 2.55 bits per heavy atom. The smallest absolute Gasteiger partial charge is 0.224 e. The second-order valence-electron chi connectivity index (χ2n) is 4.13. The number of pyridine rings is 1. The Hall–Kier alpha value is -2.56. The highest BCUT2D eigenvalue weighted by atomic mass is 16.5. The first-order valence-electron chi connectivity index (χ1n) is 6.37. The van der Waals surface area contributed by atoms with Crippen molar-refractivity contribution in [3.05, 3.63) is 54.2 Å². The SMILES string of the molecule is N=C(N)c1cccnc1OCCCOc1ccccc1. The zero-order valence-electron chi connectivity index (χ0n) is 11.1. The first-order valence-corrected chi connectivity index (χ1v) is 6.37. The summed E-state index contributed by atoms with van der Waals surface area (Å²) < 4.78 is 11.1. The van der Waals surface area contributed by atoms with Gasteiger partial charge >= 0.3 is 0 Å². The maximum Gasteiger partial charge on any atom is 0.224 e. The molecule has 5 nitrogen and oxygen atoms in total. The Kier molecular flexibility index (Phi) is 4.94. The quantitative estimate of drug-likeness (QED) is 0.459.